The Balaban J connectivity index is 1.64. The highest BCUT2D eigenvalue weighted by Crippen LogP contribution is 2.33. The molecule has 0 fully saturated rings. The Bertz CT molecular complexity index is 1170. The third-order valence-corrected chi connectivity index (χ3v) is 6.47. The summed E-state index contributed by atoms with van der Waals surface area (Å²) >= 11 is 16.4. The lowest BCUT2D eigenvalue weighted by molar-refractivity contribution is -0.116. The number of Topliss-reactive ketones (excluding diaryl/α,β-unsaturated/α-hetero) is 1. The van der Waals surface area contributed by atoms with Gasteiger partial charge in [-0.3, -0.25) is 9.20 Å². The Morgan fingerprint density at radius 2 is 1.97 bits per heavy atom. The molecule has 3 aromatic rings. The lowest BCUT2D eigenvalue weighted by atomic mass is 10.2. The highest BCUT2D eigenvalue weighted by atomic mass is 79.9. The van der Waals surface area contributed by atoms with E-state index in [9.17, 15) is 9.59 Å². The van der Waals surface area contributed by atoms with Crippen molar-refractivity contribution in [3.05, 3.63) is 56.4 Å². The van der Waals surface area contributed by atoms with Gasteiger partial charge in [-0.15, -0.1) is 0 Å². The first-order chi connectivity index (χ1) is 15.8. The van der Waals surface area contributed by atoms with Gasteiger partial charge >= 0.3 is 6.03 Å². The lowest BCUT2D eigenvalue weighted by Gasteiger charge is -2.14. The summed E-state index contributed by atoms with van der Waals surface area (Å²) in [4.78, 5) is 28.2. The van der Waals surface area contributed by atoms with E-state index in [0.717, 1.165) is 16.7 Å². The number of aromatic nitrogens is 2. The second kappa shape index (κ2) is 11.6. The molecule has 0 bridgehead atoms. The van der Waals surface area contributed by atoms with Gasteiger partial charge in [0.25, 0.3) is 0 Å². The molecule has 0 spiro atoms. The molecule has 0 atom stereocenters. The van der Waals surface area contributed by atoms with Crippen LogP contribution in [0.4, 0.5) is 10.5 Å². The second-order valence-corrected chi connectivity index (χ2v) is 8.77. The molecule has 0 aliphatic carbocycles. The number of nitrogens with zero attached hydrogens (tertiary/aromatic N) is 2. The van der Waals surface area contributed by atoms with Gasteiger partial charge in [0.15, 0.2) is 17.2 Å². The summed E-state index contributed by atoms with van der Waals surface area (Å²) in [6.07, 6.45) is 2.70. The number of halogens is 3. The molecule has 0 aliphatic rings. The fourth-order valence-corrected chi connectivity index (χ4v) is 3.91. The molecule has 0 saturated heterocycles. The van der Waals surface area contributed by atoms with Crippen molar-refractivity contribution in [3.8, 4) is 5.75 Å². The highest BCUT2D eigenvalue weighted by molar-refractivity contribution is 9.10. The summed E-state index contributed by atoms with van der Waals surface area (Å²) < 4.78 is 8.73. The van der Waals surface area contributed by atoms with E-state index >= 15 is 0 Å². The predicted molar refractivity (Wildman–Crippen MR) is 134 cm³/mol. The second-order valence-electron chi connectivity index (χ2n) is 7.23. The number of nitrogens with one attached hydrogen (secondary N) is 3. The van der Waals surface area contributed by atoms with Gasteiger partial charge in [0.1, 0.15) is 11.2 Å². The maximum Gasteiger partial charge on any atom is 0.315 e. The van der Waals surface area contributed by atoms with Crippen LogP contribution in [0.5, 0.6) is 5.75 Å². The summed E-state index contributed by atoms with van der Waals surface area (Å²) in [5, 5.41) is 8.97. The number of benzene rings is 1. The van der Waals surface area contributed by atoms with Crippen LogP contribution in [0.15, 0.2) is 35.1 Å². The Morgan fingerprint density at radius 3 is 2.73 bits per heavy atom. The molecule has 11 heteroatoms. The van der Waals surface area contributed by atoms with E-state index in [1.54, 1.807) is 12.1 Å². The minimum atomic E-state index is -0.371. The van der Waals surface area contributed by atoms with Gasteiger partial charge in [0, 0.05) is 23.3 Å². The maximum absolute atomic E-state index is 12.1. The van der Waals surface area contributed by atoms with Gasteiger partial charge in [0.05, 0.1) is 29.5 Å². The summed E-state index contributed by atoms with van der Waals surface area (Å²) in [6, 6.07) is 6.69. The number of fused-ring (bicyclic) bond motifs is 1. The number of rotatable bonds is 10. The Hall–Kier alpha value is -2.49. The minimum Gasteiger partial charge on any atom is -0.485 e. The zero-order chi connectivity index (χ0) is 24.0. The van der Waals surface area contributed by atoms with Crippen molar-refractivity contribution in [1.82, 2.24) is 20.0 Å². The predicted octanol–water partition coefficient (Wildman–Crippen LogP) is 4.98. The molecule has 1 aromatic carbocycles. The van der Waals surface area contributed by atoms with Gasteiger partial charge in [-0.05, 0) is 53.5 Å². The van der Waals surface area contributed by atoms with E-state index in [-0.39, 0.29) is 31.5 Å². The van der Waals surface area contributed by atoms with E-state index in [4.69, 9.17) is 27.9 Å². The average molecular weight is 557 g/mol. The van der Waals surface area contributed by atoms with Crippen LogP contribution >= 0.6 is 39.1 Å². The first-order valence-electron chi connectivity index (χ1n) is 10.3. The van der Waals surface area contributed by atoms with Crippen molar-refractivity contribution >= 4 is 62.3 Å². The quantitative estimate of drug-likeness (QED) is 0.327. The molecule has 176 valence electrons. The Labute approximate surface area is 210 Å². The van der Waals surface area contributed by atoms with E-state index in [0.29, 0.717) is 39.2 Å². The highest BCUT2D eigenvalue weighted by Gasteiger charge is 2.15. The topological polar surface area (TPSA) is 96.8 Å². The van der Waals surface area contributed by atoms with Crippen LogP contribution < -0.4 is 20.7 Å². The van der Waals surface area contributed by atoms with Gasteiger partial charge in [0.2, 0.25) is 0 Å². The molecule has 0 aliphatic heterocycles. The first-order valence-corrected chi connectivity index (χ1v) is 11.9. The third kappa shape index (κ3) is 6.31. The zero-order valence-corrected chi connectivity index (χ0v) is 21.3. The summed E-state index contributed by atoms with van der Waals surface area (Å²) in [5.74, 6) is 0.386. The van der Waals surface area contributed by atoms with Crippen LogP contribution in [0.1, 0.15) is 24.6 Å². The van der Waals surface area contributed by atoms with Crippen molar-refractivity contribution in [3.63, 3.8) is 0 Å². The van der Waals surface area contributed by atoms with E-state index in [1.165, 1.54) is 0 Å². The SMILES string of the molecule is CCCNC(=O)NCC(=O)CNc1ccc(Cl)c(COc2cccn3c(Br)c(C)nc23)c1Cl. The van der Waals surface area contributed by atoms with Crippen LogP contribution in [0.2, 0.25) is 10.0 Å². The molecule has 8 nitrogen and oxygen atoms in total. The van der Waals surface area contributed by atoms with Gasteiger partial charge in [-0.25, -0.2) is 9.78 Å². The Morgan fingerprint density at radius 1 is 1.18 bits per heavy atom. The normalized spacial score (nSPS) is 10.8. The molecule has 2 amide bonds. The number of anilines is 1. The molecule has 2 aromatic heterocycles. The van der Waals surface area contributed by atoms with E-state index < -0.39 is 0 Å². The molecule has 0 saturated carbocycles. The molecule has 0 unspecified atom stereocenters. The number of imidazole rings is 1. The molecule has 0 radical (unpaired) electrons. The number of hydrogen-bond donors (Lipinski definition) is 3. The molecular weight excluding hydrogens is 533 g/mol. The maximum atomic E-state index is 12.1. The van der Waals surface area contributed by atoms with Crippen molar-refractivity contribution in [2.45, 2.75) is 26.9 Å². The average Bonchev–Trinajstić information content (AvgIpc) is 3.10. The number of carbonyl (C=O) groups excluding carboxylic acids is 2. The minimum absolute atomic E-state index is 0.00358. The van der Waals surface area contributed by atoms with Crippen molar-refractivity contribution in [2.75, 3.05) is 25.0 Å². The largest absolute Gasteiger partial charge is 0.485 e. The third-order valence-electron chi connectivity index (χ3n) is 4.73. The smallest absolute Gasteiger partial charge is 0.315 e. The summed E-state index contributed by atoms with van der Waals surface area (Å²) in [5.41, 5.74) is 2.64. The number of urea groups is 1. The summed E-state index contributed by atoms with van der Waals surface area (Å²) in [7, 11) is 0. The van der Waals surface area contributed by atoms with Crippen LogP contribution in [-0.4, -0.2) is 40.8 Å². The molecule has 3 rings (SSSR count). The molecular formula is C22H24BrCl2N5O3. The zero-order valence-electron chi connectivity index (χ0n) is 18.2. The summed E-state index contributed by atoms with van der Waals surface area (Å²) in [6.45, 7) is 4.42. The number of ketones is 1. The molecule has 33 heavy (non-hydrogen) atoms. The first kappa shape index (κ1) is 25.1. The molecule has 3 N–H and O–H groups in total. The number of ether oxygens (including phenoxy) is 1. The van der Waals surface area contributed by atoms with Gasteiger partial charge in [-0.1, -0.05) is 30.1 Å². The van der Waals surface area contributed by atoms with Crippen LogP contribution in [0.3, 0.4) is 0 Å². The number of carbonyl (C=O) groups is 2. The fraction of sp³-hybridized carbons (Fsp3) is 0.318. The number of amides is 2. The standard InChI is InChI=1S/C22H24BrCl2N5O3/c1-3-8-26-22(32)28-11-14(31)10-27-17-7-6-16(24)15(19(17)25)12-33-18-5-4-9-30-20(23)13(2)29-21(18)30/h4-7,9,27H,3,8,10-12H2,1-2H3,(H2,26,28,32). The lowest BCUT2D eigenvalue weighted by Crippen LogP contribution is -2.40. The van der Waals surface area contributed by atoms with Gasteiger partial charge in [-0.2, -0.15) is 0 Å². The number of aryl methyl sites for hydroxylation is 1. The van der Waals surface area contributed by atoms with Crippen LogP contribution in [0, 0.1) is 6.92 Å². The van der Waals surface area contributed by atoms with Gasteiger partial charge < -0.3 is 20.7 Å². The van der Waals surface area contributed by atoms with E-state index in [1.807, 2.05) is 36.6 Å². The number of hydrogen-bond acceptors (Lipinski definition) is 5. The van der Waals surface area contributed by atoms with Crippen molar-refractivity contribution in [2.24, 2.45) is 0 Å². The van der Waals surface area contributed by atoms with Crippen molar-refractivity contribution in [1.29, 1.82) is 0 Å². The van der Waals surface area contributed by atoms with Crippen LogP contribution in [0.25, 0.3) is 5.65 Å². The monoisotopic (exact) mass is 555 g/mol. The van der Waals surface area contributed by atoms with Crippen molar-refractivity contribution < 1.29 is 14.3 Å². The Kier molecular flexibility index (Phi) is 8.82. The van der Waals surface area contributed by atoms with E-state index in [2.05, 4.69) is 36.9 Å². The van der Waals surface area contributed by atoms with Crippen LogP contribution in [-0.2, 0) is 11.4 Å². The molecule has 2 heterocycles. The fourth-order valence-electron chi connectivity index (χ4n) is 2.99. The number of pyridine rings is 1.